The van der Waals surface area contributed by atoms with E-state index < -0.39 is 12.1 Å². The smallest absolute Gasteiger partial charge is 0.365 e. The van der Waals surface area contributed by atoms with Gasteiger partial charge in [0.1, 0.15) is 17.3 Å². The molecule has 0 aliphatic heterocycles. The van der Waals surface area contributed by atoms with Crippen LogP contribution in [0.2, 0.25) is 0 Å². The van der Waals surface area contributed by atoms with Crippen LogP contribution in [0.4, 0.5) is 19.0 Å². The van der Waals surface area contributed by atoms with Gasteiger partial charge in [-0.1, -0.05) is 23.4 Å². The third-order valence-electron chi connectivity index (χ3n) is 5.74. The van der Waals surface area contributed by atoms with Crippen LogP contribution in [0, 0.1) is 0 Å². The Morgan fingerprint density at radius 2 is 1.76 bits per heavy atom. The molecule has 0 fully saturated rings. The predicted molar refractivity (Wildman–Crippen MR) is 135 cm³/mol. The average molecular weight is 519 g/mol. The minimum absolute atomic E-state index is 0.155. The summed E-state index contributed by atoms with van der Waals surface area (Å²) in [4.78, 5) is 20.4. The lowest BCUT2D eigenvalue weighted by Crippen LogP contribution is -2.27. The van der Waals surface area contributed by atoms with Gasteiger partial charge in [0.2, 0.25) is 5.82 Å². The van der Waals surface area contributed by atoms with Crippen LogP contribution >= 0.6 is 0 Å². The molecule has 0 aliphatic carbocycles. The first-order chi connectivity index (χ1) is 18.0. The van der Waals surface area contributed by atoms with Gasteiger partial charge in [-0.25, -0.2) is 9.97 Å². The molecule has 4 heterocycles. The Morgan fingerprint density at radius 1 is 0.947 bits per heavy atom. The van der Waals surface area contributed by atoms with Crippen LogP contribution in [0.5, 0.6) is 0 Å². The van der Waals surface area contributed by atoms with Crippen molar-refractivity contribution >= 4 is 22.5 Å². The lowest BCUT2D eigenvalue weighted by Gasteiger charge is -2.22. The third kappa shape index (κ3) is 4.33. The fourth-order valence-electron chi connectivity index (χ4n) is 4.14. The number of fused-ring (bicyclic) bond motifs is 2. The summed E-state index contributed by atoms with van der Waals surface area (Å²) >= 11 is 0. The fraction of sp³-hybridized carbons (Fsp3) is 0.192. The molecule has 4 aromatic heterocycles. The van der Waals surface area contributed by atoms with Crippen LogP contribution < -0.4 is 5.32 Å². The van der Waals surface area contributed by atoms with E-state index in [9.17, 15) is 13.2 Å². The monoisotopic (exact) mass is 518 g/mol. The highest BCUT2D eigenvalue weighted by atomic mass is 19.4. The van der Waals surface area contributed by atoms with Gasteiger partial charge in [-0.15, -0.1) is 0 Å². The first kappa shape index (κ1) is 23.6. The van der Waals surface area contributed by atoms with Crippen LogP contribution in [0.15, 0.2) is 65.6 Å². The highest BCUT2D eigenvalue weighted by Crippen LogP contribution is 2.34. The first-order valence-corrected chi connectivity index (χ1v) is 11.7. The molecule has 38 heavy (non-hydrogen) atoms. The maximum Gasteiger partial charge on any atom is 0.471 e. The molecule has 0 aliphatic rings. The summed E-state index contributed by atoms with van der Waals surface area (Å²) < 4.78 is 44.9. The first-order valence-electron chi connectivity index (χ1n) is 11.7. The van der Waals surface area contributed by atoms with E-state index in [2.05, 4.69) is 55.7 Å². The standard InChI is InChI=1S/C26H21F3N8O/c1-25(2,3)35-23-20(33-19-13-30-9-10-37(19)23)14-5-4-6-15(11-14)21-31-17-8-7-16(12-18(17)32-21)22-34-24(38-36-22)26(27,28)29/h4-13,35H,1-3H3,(H,31,32). The molecule has 0 saturated heterocycles. The summed E-state index contributed by atoms with van der Waals surface area (Å²) in [7, 11) is 0. The van der Waals surface area contributed by atoms with Crippen molar-refractivity contribution in [2.45, 2.75) is 32.5 Å². The molecule has 12 heteroatoms. The number of alkyl halides is 3. The van der Waals surface area contributed by atoms with Gasteiger partial charge in [-0.3, -0.25) is 9.38 Å². The van der Waals surface area contributed by atoms with E-state index in [4.69, 9.17) is 4.98 Å². The number of imidazole rings is 2. The Kier molecular flexibility index (Phi) is 5.23. The fourth-order valence-corrected chi connectivity index (χ4v) is 4.14. The van der Waals surface area contributed by atoms with Gasteiger partial charge in [-0.2, -0.15) is 18.2 Å². The molecular weight excluding hydrogens is 497 g/mol. The van der Waals surface area contributed by atoms with Crippen molar-refractivity contribution in [3.63, 3.8) is 0 Å². The lowest BCUT2D eigenvalue weighted by molar-refractivity contribution is -0.159. The number of anilines is 1. The van der Waals surface area contributed by atoms with Crippen LogP contribution in [0.3, 0.4) is 0 Å². The van der Waals surface area contributed by atoms with Gasteiger partial charge >= 0.3 is 12.1 Å². The van der Waals surface area contributed by atoms with Crippen molar-refractivity contribution in [1.82, 2.24) is 34.5 Å². The molecule has 9 nitrogen and oxygen atoms in total. The van der Waals surface area contributed by atoms with E-state index in [1.54, 1.807) is 30.6 Å². The predicted octanol–water partition coefficient (Wildman–Crippen LogP) is 6.22. The number of H-pyrrole nitrogens is 1. The molecular formula is C26H21F3N8O. The number of nitrogens with one attached hydrogen (secondary N) is 2. The van der Waals surface area contributed by atoms with Crippen LogP contribution in [0.1, 0.15) is 26.7 Å². The second-order valence-electron chi connectivity index (χ2n) is 9.81. The highest BCUT2D eigenvalue weighted by molar-refractivity contribution is 5.85. The maximum absolute atomic E-state index is 12.9. The van der Waals surface area contributed by atoms with E-state index in [0.717, 1.165) is 22.6 Å². The van der Waals surface area contributed by atoms with Crippen LogP contribution in [-0.2, 0) is 6.18 Å². The molecule has 0 atom stereocenters. The van der Waals surface area contributed by atoms with Crippen molar-refractivity contribution in [2.24, 2.45) is 0 Å². The molecule has 0 amide bonds. The third-order valence-corrected chi connectivity index (χ3v) is 5.74. The summed E-state index contributed by atoms with van der Waals surface area (Å²) in [6.45, 7) is 6.23. The molecule has 0 spiro atoms. The average Bonchev–Trinajstić information content (AvgIpc) is 3.60. The normalized spacial score (nSPS) is 12.5. The van der Waals surface area contributed by atoms with Crippen molar-refractivity contribution in [1.29, 1.82) is 0 Å². The zero-order valence-corrected chi connectivity index (χ0v) is 20.5. The number of aromatic amines is 1. The molecule has 0 bridgehead atoms. The Morgan fingerprint density at radius 3 is 2.53 bits per heavy atom. The van der Waals surface area contributed by atoms with Gasteiger partial charge in [0.05, 0.1) is 17.2 Å². The van der Waals surface area contributed by atoms with Crippen molar-refractivity contribution < 1.29 is 17.7 Å². The van der Waals surface area contributed by atoms with E-state index in [0.29, 0.717) is 28.1 Å². The van der Waals surface area contributed by atoms with E-state index in [-0.39, 0.29) is 11.4 Å². The highest BCUT2D eigenvalue weighted by Gasteiger charge is 2.38. The molecule has 2 aromatic carbocycles. The number of nitrogens with zero attached hydrogens (tertiary/aromatic N) is 6. The van der Waals surface area contributed by atoms with E-state index in [1.807, 2.05) is 34.9 Å². The van der Waals surface area contributed by atoms with Gasteiger partial charge in [-0.05, 0) is 45.0 Å². The summed E-state index contributed by atoms with van der Waals surface area (Å²) in [6.07, 6.45) is 0.576. The van der Waals surface area contributed by atoms with Gasteiger partial charge in [0.25, 0.3) is 0 Å². The van der Waals surface area contributed by atoms with E-state index in [1.165, 1.54) is 0 Å². The topological polar surface area (TPSA) is 110 Å². The number of halogens is 3. The van der Waals surface area contributed by atoms with Crippen LogP contribution in [-0.4, -0.2) is 40.0 Å². The quantitative estimate of drug-likeness (QED) is 0.285. The number of benzene rings is 2. The summed E-state index contributed by atoms with van der Waals surface area (Å²) in [6, 6.07) is 12.7. The number of hydrogen-bond donors (Lipinski definition) is 2. The number of aromatic nitrogens is 7. The number of rotatable bonds is 4. The molecule has 0 unspecified atom stereocenters. The Bertz CT molecular complexity index is 1790. The second kappa shape index (κ2) is 8.40. The minimum atomic E-state index is -4.71. The SMILES string of the molecule is CC(C)(C)Nc1c(-c2cccc(-c3nc4ccc(-c5noc(C(F)(F)F)n5)cc4[nH]3)c2)nc2cnccn12. The molecule has 6 aromatic rings. The van der Waals surface area contributed by atoms with Crippen molar-refractivity contribution in [2.75, 3.05) is 5.32 Å². The molecule has 6 rings (SSSR count). The van der Waals surface area contributed by atoms with Crippen molar-refractivity contribution in [3.05, 3.63) is 66.9 Å². The Hall–Kier alpha value is -4.74. The molecule has 2 N–H and O–H groups in total. The summed E-state index contributed by atoms with van der Waals surface area (Å²) in [5, 5.41) is 7.01. The number of hydrogen-bond acceptors (Lipinski definition) is 7. The lowest BCUT2D eigenvalue weighted by atomic mass is 10.1. The second-order valence-corrected chi connectivity index (χ2v) is 9.81. The summed E-state index contributed by atoms with van der Waals surface area (Å²) in [5.41, 5.74) is 4.61. The molecule has 0 saturated carbocycles. The Labute approximate surface area is 213 Å². The molecule has 192 valence electrons. The minimum Gasteiger partial charge on any atom is -0.365 e. The van der Waals surface area contributed by atoms with Gasteiger partial charge in [0, 0.05) is 34.6 Å². The van der Waals surface area contributed by atoms with Gasteiger partial charge < -0.3 is 14.8 Å². The van der Waals surface area contributed by atoms with Crippen LogP contribution in [0.25, 0.3) is 50.7 Å². The van der Waals surface area contributed by atoms with Crippen molar-refractivity contribution in [3.8, 4) is 34.0 Å². The zero-order valence-electron chi connectivity index (χ0n) is 20.5. The molecule has 0 radical (unpaired) electrons. The largest absolute Gasteiger partial charge is 0.471 e. The summed E-state index contributed by atoms with van der Waals surface area (Å²) in [5.74, 6) is -0.103. The zero-order chi connectivity index (χ0) is 26.7. The maximum atomic E-state index is 12.9. The Balaban J connectivity index is 1.39. The van der Waals surface area contributed by atoms with Gasteiger partial charge in [0.15, 0.2) is 5.65 Å². The van der Waals surface area contributed by atoms with E-state index >= 15 is 0 Å².